The zero-order chi connectivity index (χ0) is 12.8. The molecule has 0 saturated heterocycles. The van der Waals surface area contributed by atoms with Crippen molar-refractivity contribution in [2.24, 2.45) is 0 Å². The van der Waals surface area contributed by atoms with Gasteiger partial charge in [0.25, 0.3) is 0 Å². The van der Waals surface area contributed by atoms with E-state index in [2.05, 4.69) is 21.2 Å². The van der Waals surface area contributed by atoms with Crippen LogP contribution in [-0.2, 0) is 11.2 Å². The monoisotopic (exact) mass is 309 g/mol. The summed E-state index contributed by atoms with van der Waals surface area (Å²) >= 11 is 3.40. The summed E-state index contributed by atoms with van der Waals surface area (Å²) in [5.74, 6) is 0.157. The predicted octanol–water partition coefficient (Wildman–Crippen LogP) is 3.83. The molecule has 1 aromatic carbocycles. The van der Waals surface area contributed by atoms with E-state index in [-0.39, 0.29) is 5.91 Å². The van der Waals surface area contributed by atoms with E-state index in [0.717, 1.165) is 22.9 Å². The van der Waals surface area contributed by atoms with Crippen molar-refractivity contribution in [2.45, 2.75) is 51.0 Å². The molecule has 98 valence electrons. The van der Waals surface area contributed by atoms with Gasteiger partial charge in [0.1, 0.15) is 0 Å². The summed E-state index contributed by atoms with van der Waals surface area (Å²) in [6.07, 6.45) is 7.92. The lowest BCUT2D eigenvalue weighted by Gasteiger charge is -2.16. The summed E-state index contributed by atoms with van der Waals surface area (Å²) in [5, 5.41) is 3.17. The van der Waals surface area contributed by atoms with Crippen molar-refractivity contribution in [1.82, 2.24) is 5.32 Å². The van der Waals surface area contributed by atoms with Crippen LogP contribution in [0.25, 0.3) is 0 Å². The number of hydrogen-bond donors (Lipinski definition) is 1. The maximum absolute atomic E-state index is 12.0. The minimum absolute atomic E-state index is 0.157. The Labute approximate surface area is 117 Å². The van der Waals surface area contributed by atoms with Crippen LogP contribution >= 0.6 is 15.9 Å². The average Bonchev–Trinajstić information content (AvgIpc) is 2.61. The Bertz CT molecular complexity index is 380. The van der Waals surface area contributed by atoms with Gasteiger partial charge in [0.05, 0.1) is 6.42 Å². The van der Waals surface area contributed by atoms with E-state index < -0.39 is 0 Å². The molecule has 0 spiro atoms. The van der Waals surface area contributed by atoms with Gasteiger partial charge < -0.3 is 5.32 Å². The van der Waals surface area contributed by atoms with Gasteiger partial charge in [-0.15, -0.1) is 0 Å². The molecule has 3 heteroatoms. The molecule has 0 aliphatic heterocycles. The maximum atomic E-state index is 12.0. The van der Waals surface area contributed by atoms with E-state index >= 15 is 0 Å². The number of halogens is 1. The Morgan fingerprint density at radius 3 is 2.33 bits per heavy atom. The zero-order valence-corrected chi connectivity index (χ0v) is 12.2. The molecule has 2 rings (SSSR count). The van der Waals surface area contributed by atoms with Crippen molar-refractivity contribution in [1.29, 1.82) is 0 Å². The minimum Gasteiger partial charge on any atom is -0.353 e. The standard InChI is InChI=1S/C15H20BrNO/c16-13-9-7-12(8-10-13)11-15(18)17-14-5-3-1-2-4-6-14/h7-10,14H,1-6,11H2,(H,17,18). The second kappa shape index (κ2) is 6.93. The van der Waals surface area contributed by atoms with Gasteiger partial charge in [0, 0.05) is 10.5 Å². The number of benzene rings is 1. The van der Waals surface area contributed by atoms with E-state index in [1.165, 1.54) is 25.7 Å². The maximum Gasteiger partial charge on any atom is 0.224 e. The van der Waals surface area contributed by atoms with Crippen LogP contribution in [0.5, 0.6) is 0 Å². The Balaban J connectivity index is 1.82. The molecule has 1 N–H and O–H groups in total. The van der Waals surface area contributed by atoms with Crippen LogP contribution in [-0.4, -0.2) is 11.9 Å². The molecule has 1 saturated carbocycles. The number of nitrogens with one attached hydrogen (secondary N) is 1. The number of carbonyl (C=O) groups excluding carboxylic acids is 1. The molecule has 0 unspecified atom stereocenters. The van der Waals surface area contributed by atoms with Gasteiger partial charge in [-0.2, -0.15) is 0 Å². The molecule has 0 aromatic heterocycles. The molecular formula is C15H20BrNO. The third kappa shape index (κ3) is 4.45. The predicted molar refractivity (Wildman–Crippen MR) is 77.5 cm³/mol. The third-order valence-electron chi connectivity index (χ3n) is 3.50. The van der Waals surface area contributed by atoms with E-state index in [4.69, 9.17) is 0 Å². The Kier molecular flexibility index (Phi) is 5.24. The fraction of sp³-hybridized carbons (Fsp3) is 0.533. The first kappa shape index (κ1) is 13.6. The number of rotatable bonds is 3. The second-order valence-electron chi connectivity index (χ2n) is 5.06. The largest absolute Gasteiger partial charge is 0.353 e. The first-order valence-electron chi connectivity index (χ1n) is 6.78. The smallest absolute Gasteiger partial charge is 0.224 e. The van der Waals surface area contributed by atoms with Crippen molar-refractivity contribution < 1.29 is 4.79 Å². The fourth-order valence-corrected chi connectivity index (χ4v) is 2.75. The van der Waals surface area contributed by atoms with Crippen molar-refractivity contribution in [3.63, 3.8) is 0 Å². The summed E-state index contributed by atoms with van der Waals surface area (Å²) < 4.78 is 1.05. The van der Waals surface area contributed by atoms with Gasteiger partial charge in [0.2, 0.25) is 5.91 Å². The molecule has 1 fully saturated rings. The van der Waals surface area contributed by atoms with Gasteiger partial charge in [0.15, 0.2) is 0 Å². The molecule has 1 aliphatic rings. The summed E-state index contributed by atoms with van der Waals surface area (Å²) in [4.78, 5) is 12.0. The van der Waals surface area contributed by atoms with E-state index in [9.17, 15) is 4.79 Å². The second-order valence-corrected chi connectivity index (χ2v) is 5.97. The van der Waals surface area contributed by atoms with E-state index in [1.54, 1.807) is 0 Å². The van der Waals surface area contributed by atoms with Crippen LogP contribution in [0.3, 0.4) is 0 Å². The van der Waals surface area contributed by atoms with E-state index in [0.29, 0.717) is 12.5 Å². The van der Waals surface area contributed by atoms with Crippen LogP contribution in [0.2, 0.25) is 0 Å². The van der Waals surface area contributed by atoms with Gasteiger partial charge in [-0.3, -0.25) is 4.79 Å². The lowest BCUT2D eigenvalue weighted by Crippen LogP contribution is -2.35. The van der Waals surface area contributed by atoms with Crippen molar-refractivity contribution >= 4 is 21.8 Å². The highest BCUT2D eigenvalue weighted by Crippen LogP contribution is 2.17. The van der Waals surface area contributed by atoms with Crippen LogP contribution in [0.4, 0.5) is 0 Å². The highest BCUT2D eigenvalue weighted by Gasteiger charge is 2.14. The number of hydrogen-bond acceptors (Lipinski definition) is 1. The number of carbonyl (C=O) groups is 1. The molecule has 0 heterocycles. The van der Waals surface area contributed by atoms with Gasteiger partial charge in [-0.25, -0.2) is 0 Å². The molecule has 1 amide bonds. The molecule has 0 bridgehead atoms. The topological polar surface area (TPSA) is 29.1 Å². The Morgan fingerprint density at radius 2 is 1.72 bits per heavy atom. The van der Waals surface area contributed by atoms with Gasteiger partial charge in [-0.1, -0.05) is 53.7 Å². The van der Waals surface area contributed by atoms with Crippen molar-refractivity contribution in [2.75, 3.05) is 0 Å². The molecule has 1 aliphatic carbocycles. The Morgan fingerprint density at radius 1 is 1.11 bits per heavy atom. The van der Waals surface area contributed by atoms with Crippen LogP contribution in [0, 0.1) is 0 Å². The van der Waals surface area contributed by atoms with Crippen molar-refractivity contribution in [3.8, 4) is 0 Å². The quantitative estimate of drug-likeness (QED) is 0.845. The fourth-order valence-electron chi connectivity index (χ4n) is 2.49. The highest BCUT2D eigenvalue weighted by atomic mass is 79.9. The van der Waals surface area contributed by atoms with E-state index in [1.807, 2.05) is 24.3 Å². The highest BCUT2D eigenvalue weighted by molar-refractivity contribution is 9.10. The Hall–Kier alpha value is -0.830. The first-order valence-corrected chi connectivity index (χ1v) is 7.57. The van der Waals surface area contributed by atoms with Crippen LogP contribution in [0.15, 0.2) is 28.7 Å². The summed E-state index contributed by atoms with van der Waals surface area (Å²) in [5.41, 5.74) is 1.07. The third-order valence-corrected chi connectivity index (χ3v) is 4.03. The normalized spacial score (nSPS) is 17.2. The zero-order valence-electron chi connectivity index (χ0n) is 10.6. The molecular weight excluding hydrogens is 290 g/mol. The summed E-state index contributed by atoms with van der Waals surface area (Å²) in [7, 11) is 0. The SMILES string of the molecule is O=C(Cc1ccc(Br)cc1)NC1CCCCCC1. The van der Waals surface area contributed by atoms with Crippen LogP contribution < -0.4 is 5.32 Å². The summed E-state index contributed by atoms with van der Waals surface area (Å²) in [6, 6.07) is 8.35. The molecule has 2 nitrogen and oxygen atoms in total. The summed E-state index contributed by atoms with van der Waals surface area (Å²) in [6.45, 7) is 0. The lowest BCUT2D eigenvalue weighted by atomic mass is 10.1. The molecule has 18 heavy (non-hydrogen) atoms. The number of amides is 1. The molecule has 0 radical (unpaired) electrons. The first-order chi connectivity index (χ1) is 8.74. The molecule has 0 atom stereocenters. The van der Waals surface area contributed by atoms with Gasteiger partial charge >= 0.3 is 0 Å². The van der Waals surface area contributed by atoms with Gasteiger partial charge in [-0.05, 0) is 30.5 Å². The van der Waals surface area contributed by atoms with Crippen LogP contribution in [0.1, 0.15) is 44.1 Å². The lowest BCUT2D eigenvalue weighted by molar-refractivity contribution is -0.121. The minimum atomic E-state index is 0.157. The molecule has 1 aromatic rings. The average molecular weight is 310 g/mol. The van der Waals surface area contributed by atoms with Crippen molar-refractivity contribution in [3.05, 3.63) is 34.3 Å².